The molecule has 0 saturated carbocycles. The Morgan fingerprint density at radius 3 is 2.25 bits per heavy atom. The predicted molar refractivity (Wildman–Crippen MR) is 43.5 cm³/mol. The minimum absolute atomic E-state index is 0.0559. The third-order valence-electron chi connectivity index (χ3n) is 1.45. The van der Waals surface area contributed by atoms with Crippen LogP contribution in [0, 0.1) is 0 Å². The summed E-state index contributed by atoms with van der Waals surface area (Å²) in [5.41, 5.74) is 0. The second kappa shape index (κ2) is 5.65. The molecule has 0 aliphatic carbocycles. The molecule has 0 aromatic rings. The molecule has 0 N–H and O–H groups in total. The zero-order valence-corrected chi connectivity index (χ0v) is 7.75. The standard InChI is InChI=1S/C7H13ClF3N/c1-12(5-2-4-8)6-3-7(9,10)11/h2-6H2,1H3. The summed E-state index contributed by atoms with van der Waals surface area (Å²) in [4.78, 5) is 1.63. The lowest BCUT2D eigenvalue weighted by atomic mass is 10.3. The fourth-order valence-electron chi connectivity index (χ4n) is 0.759. The summed E-state index contributed by atoms with van der Waals surface area (Å²) in [7, 11) is 1.66. The van der Waals surface area contributed by atoms with E-state index in [-0.39, 0.29) is 6.54 Å². The van der Waals surface area contributed by atoms with Crippen molar-refractivity contribution in [2.24, 2.45) is 0 Å². The van der Waals surface area contributed by atoms with Crippen molar-refractivity contribution in [3.8, 4) is 0 Å². The van der Waals surface area contributed by atoms with E-state index < -0.39 is 12.6 Å². The summed E-state index contributed by atoms with van der Waals surface area (Å²) in [6, 6.07) is 0. The molecule has 74 valence electrons. The van der Waals surface area contributed by atoms with Gasteiger partial charge in [0, 0.05) is 12.4 Å². The molecule has 0 aliphatic rings. The third-order valence-corrected chi connectivity index (χ3v) is 1.72. The number of hydrogen-bond donors (Lipinski definition) is 0. The molecule has 0 heterocycles. The molecule has 0 amide bonds. The summed E-state index contributed by atoms with van der Waals surface area (Å²) in [5, 5.41) is 0. The Morgan fingerprint density at radius 2 is 1.83 bits per heavy atom. The summed E-state index contributed by atoms with van der Waals surface area (Å²) in [6.07, 6.45) is -4.06. The molecule has 0 atom stereocenters. The van der Waals surface area contributed by atoms with E-state index in [9.17, 15) is 13.2 Å². The summed E-state index contributed by atoms with van der Waals surface area (Å²) in [6.45, 7) is 0.681. The first-order valence-electron chi connectivity index (χ1n) is 3.77. The SMILES string of the molecule is CN(CCCCl)CCC(F)(F)F. The van der Waals surface area contributed by atoms with Crippen molar-refractivity contribution in [2.75, 3.05) is 26.0 Å². The molecule has 0 unspecified atom stereocenters. The van der Waals surface area contributed by atoms with Gasteiger partial charge < -0.3 is 4.90 Å². The van der Waals surface area contributed by atoms with Crippen molar-refractivity contribution in [3.05, 3.63) is 0 Å². The summed E-state index contributed by atoms with van der Waals surface area (Å²) in [5.74, 6) is 0.496. The fourth-order valence-corrected chi connectivity index (χ4v) is 0.879. The lowest BCUT2D eigenvalue weighted by molar-refractivity contribution is -0.137. The zero-order chi connectivity index (χ0) is 9.61. The molecule has 0 aromatic heterocycles. The molecule has 0 aromatic carbocycles. The van der Waals surface area contributed by atoms with Crippen molar-refractivity contribution >= 4 is 11.6 Å². The van der Waals surface area contributed by atoms with E-state index in [2.05, 4.69) is 0 Å². The maximum Gasteiger partial charge on any atom is 0.390 e. The summed E-state index contributed by atoms with van der Waals surface area (Å²) >= 11 is 5.39. The van der Waals surface area contributed by atoms with Crippen LogP contribution in [0.3, 0.4) is 0 Å². The zero-order valence-electron chi connectivity index (χ0n) is 6.99. The van der Waals surface area contributed by atoms with Crippen molar-refractivity contribution in [2.45, 2.75) is 19.0 Å². The monoisotopic (exact) mass is 203 g/mol. The average Bonchev–Trinajstić information content (AvgIpc) is 1.95. The van der Waals surface area contributed by atoms with Gasteiger partial charge in [-0.25, -0.2) is 0 Å². The Kier molecular flexibility index (Phi) is 5.66. The molecule has 0 fully saturated rings. The van der Waals surface area contributed by atoms with Gasteiger partial charge in [-0.2, -0.15) is 13.2 Å². The molecule has 12 heavy (non-hydrogen) atoms. The Bertz CT molecular complexity index is 116. The van der Waals surface area contributed by atoms with Crippen LogP contribution in [0.2, 0.25) is 0 Å². The molecular weight excluding hydrogens is 191 g/mol. The lowest BCUT2D eigenvalue weighted by Gasteiger charge is -2.16. The van der Waals surface area contributed by atoms with Gasteiger partial charge in [-0.1, -0.05) is 0 Å². The number of alkyl halides is 4. The van der Waals surface area contributed by atoms with Gasteiger partial charge in [-0.3, -0.25) is 0 Å². The second-order valence-electron chi connectivity index (χ2n) is 2.71. The maximum absolute atomic E-state index is 11.7. The Labute approximate surface area is 75.5 Å². The van der Waals surface area contributed by atoms with E-state index in [1.165, 1.54) is 0 Å². The van der Waals surface area contributed by atoms with Crippen LogP contribution in [0.15, 0.2) is 0 Å². The molecule has 0 radical (unpaired) electrons. The van der Waals surface area contributed by atoms with Crippen molar-refractivity contribution in [1.29, 1.82) is 0 Å². The second-order valence-corrected chi connectivity index (χ2v) is 3.09. The molecule has 0 aliphatic heterocycles. The minimum atomic E-state index is -4.05. The van der Waals surface area contributed by atoms with Gasteiger partial charge in [-0.05, 0) is 20.0 Å². The number of rotatable bonds is 5. The minimum Gasteiger partial charge on any atom is -0.306 e. The highest BCUT2D eigenvalue weighted by Crippen LogP contribution is 2.19. The van der Waals surface area contributed by atoms with Gasteiger partial charge in [0.2, 0.25) is 0 Å². The molecule has 0 saturated heterocycles. The van der Waals surface area contributed by atoms with Crippen LogP contribution in [0.1, 0.15) is 12.8 Å². The van der Waals surface area contributed by atoms with E-state index in [0.717, 1.165) is 6.42 Å². The quantitative estimate of drug-likeness (QED) is 0.621. The highest BCUT2D eigenvalue weighted by Gasteiger charge is 2.26. The molecule has 5 heteroatoms. The van der Waals surface area contributed by atoms with Crippen LogP contribution in [0.4, 0.5) is 13.2 Å². The van der Waals surface area contributed by atoms with Gasteiger partial charge in [0.05, 0.1) is 6.42 Å². The number of halogens is 4. The van der Waals surface area contributed by atoms with Crippen molar-refractivity contribution < 1.29 is 13.2 Å². The van der Waals surface area contributed by atoms with Gasteiger partial charge in [0.25, 0.3) is 0 Å². The molecule has 0 bridgehead atoms. The van der Waals surface area contributed by atoms with Crippen molar-refractivity contribution in [1.82, 2.24) is 4.90 Å². The first-order valence-corrected chi connectivity index (χ1v) is 4.30. The first-order chi connectivity index (χ1) is 5.45. The summed E-state index contributed by atoms with van der Waals surface area (Å²) < 4.78 is 35.1. The fraction of sp³-hybridized carbons (Fsp3) is 1.00. The van der Waals surface area contributed by atoms with Crippen LogP contribution in [0.5, 0.6) is 0 Å². The Morgan fingerprint density at radius 1 is 1.25 bits per heavy atom. The van der Waals surface area contributed by atoms with E-state index in [4.69, 9.17) is 11.6 Å². The molecule has 0 rings (SSSR count). The Balaban J connectivity index is 3.37. The van der Waals surface area contributed by atoms with Crippen LogP contribution >= 0.6 is 11.6 Å². The van der Waals surface area contributed by atoms with E-state index in [0.29, 0.717) is 12.4 Å². The third kappa shape index (κ3) is 8.14. The molecule has 1 nitrogen and oxygen atoms in total. The van der Waals surface area contributed by atoms with Crippen LogP contribution in [0.25, 0.3) is 0 Å². The highest BCUT2D eigenvalue weighted by atomic mass is 35.5. The van der Waals surface area contributed by atoms with Crippen LogP contribution in [-0.4, -0.2) is 37.1 Å². The number of hydrogen-bond acceptors (Lipinski definition) is 1. The van der Waals surface area contributed by atoms with Gasteiger partial charge in [0.15, 0.2) is 0 Å². The van der Waals surface area contributed by atoms with E-state index >= 15 is 0 Å². The van der Waals surface area contributed by atoms with E-state index in [1.807, 2.05) is 0 Å². The normalized spacial score (nSPS) is 12.5. The Hall–Kier alpha value is 0.0400. The van der Waals surface area contributed by atoms with Crippen LogP contribution < -0.4 is 0 Å². The first kappa shape index (κ1) is 12.0. The highest BCUT2D eigenvalue weighted by molar-refractivity contribution is 6.17. The molecule has 0 spiro atoms. The van der Waals surface area contributed by atoms with Crippen LogP contribution in [-0.2, 0) is 0 Å². The number of nitrogens with zero attached hydrogens (tertiary/aromatic N) is 1. The average molecular weight is 204 g/mol. The lowest BCUT2D eigenvalue weighted by Crippen LogP contribution is -2.25. The topological polar surface area (TPSA) is 3.24 Å². The largest absolute Gasteiger partial charge is 0.390 e. The van der Waals surface area contributed by atoms with Gasteiger partial charge >= 0.3 is 6.18 Å². The smallest absolute Gasteiger partial charge is 0.306 e. The van der Waals surface area contributed by atoms with E-state index in [1.54, 1.807) is 11.9 Å². The predicted octanol–water partition coefficient (Wildman–Crippen LogP) is 2.50. The van der Waals surface area contributed by atoms with Gasteiger partial charge in [-0.15, -0.1) is 11.6 Å². The van der Waals surface area contributed by atoms with Gasteiger partial charge in [0.1, 0.15) is 0 Å². The molecular formula is C7H13ClF3N. The van der Waals surface area contributed by atoms with Crippen molar-refractivity contribution in [3.63, 3.8) is 0 Å². The maximum atomic E-state index is 11.7.